The van der Waals surface area contributed by atoms with Gasteiger partial charge in [-0.2, -0.15) is 4.31 Å². The average molecular weight is 442 g/mol. The molecule has 0 aliphatic carbocycles. The molecule has 2 aromatic carbocycles. The molecule has 8 heteroatoms. The van der Waals surface area contributed by atoms with E-state index >= 15 is 0 Å². The van der Waals surface area contributed by atoms with Gasteiger partial charge in [-0.1, -0.05) is 18.2 Å². The van der Waals surface area contributed by atoms with Gasteiger partial charge in [0.2, 0.25) is 21.8 Å². The summed E-state index contributed by atoms with van der Waals surface area (Å²) >= 11 is 0. The molecule has 1 fully saturated rings. The number of aryl methyl sites for hydroxylation is 1. The van der Waals surface area contributed by atoms with E-state index in [1.807, 2.05) is 30.3 Å². The second-order valence-electron chi connectivity index (χ2n) is 8.12. The molecule has 1 saturated heterocycles. The highest BCUT2D eigenvalue weighted by atomic mass is 32.2. The van der Waals surface area contributed by atoms with Gasteiger partial charge < -0.3 is 10.2 Å². The summed E-state index contributed by atoms with van der Waals surface area (Å²) in [5, 5.41) is 2.88. The molecule has 2 heterocycles. The molecule has 31 heavy (non-hydrogen) atoms. The molecule has 0 unspecified atom stereocenters. The van der Waals surface area contributed by atoms with E-state index in [0.29, 0.717) is 31.6 Å². The molecule has 1 N–H and O–H groups in total. The van der Waals surface area contributed by atoms with Crippen molar-refractivity contribution in [1.29, 1.82) is 0 Å². The van der Waals surface area contributed by atoms with E-state index in [4.69, 9.17) is 0 Å². The number of rotatable bonds is 4. The molecule has 1 atom stereocenters. The van der Waals surface area contributed by atoms with Gasteiger partial charge in [-0.25, -0.2) is 8.42 Å². The third-order valence-corrected chi connectivity index (χ3v) is 7.84. The minimum Gasteiger partial charge on any atom is -0.326 e. The van der Waals surface area contributed by atoms with Crippen molar-refractivity contribution in [3.05, 3.63) is 54.1 Å². The Balaban J connectivity index is 1.52. The molecule has 7 nitrogen and oxygen atoms in total. The van der Waals surface area contributed by atoms with Gasteiger partial charge in [-0.05, 0) is 61.6 Å². The van der Waals surface area contributed by atoms with Crippen LogP contribution in [-0.4, -0.2) is 44.2 Å². The maximum atomic E-state index is 13.3. The quantitative estimate of drug-likeness (QED) is 0.790. The molecule has 0 aromatic heterocycles. The molecule has 2 aliphatic rings. The van der Waals surface area contributed by atoms with Crippen LogP contribution in [0.15, 0.2) is 53.4 Å². The second kappa shape index (κ2) is 8.80. The molecule has 164 valence electrons. The zero-order valence-corrected chi connectivity index (χ0v) is 18.4. The van der Waals surface area contributed by atoms with Crippen LogP contribution in [0.2, 0.25) is 0 Å². The van der Waals surface area contributed by atoms with Crippen LogP contribution >= 0.6 is 0 Å². The molecule has 2 aromatic rings. The first-order valence-electron chi connectivity index (χ1n) is 10.6. The van der Waals surface area contributed by atoms with Crippen LogP contribution in [0.1, 0.15) is 31.7 Å². The van der Waals surface area contributed by atoms with Crippen molar-refractivity contribution in [1.82, 2.24) is 4.31 Å². The number of piperidine rings is 1. The number of fused-ring (bicyclic) bond motifs is 1. The van der Waals surface area contributed by atoms with E-state index in [1.165, 1.54) is 11.2 Å². The number of para-hydroxylation sites is 1. The van der Waals surface area contributed by atoms with E-state index in [2.05, 4.69) is 5.32 Å². The summed E-state index contributed by atoms with van der Waals surface area (Å²) in [5.74, 6) is -0.594. The van der Waals surface area contributed by atoms with Crippen LogP contribution in [0, 0.1) is 5.92 Å². The number of hydrogen-bond acceptors (Lipinski definition) is 4. The molecule has 0 radical (unpaired) electrons. The number of anilines is 2. The molecule has 0 bridgehead atoms. The lowest BCUT2D eigenvalue weighted by molar-refractivity contribution is -0.121. The summed E-state index contributed by atoms with van der Waals surface area (Å²) in [5.41, 5.74) is 2.37. The minimum absolute atomic E-state index is 0.0418. The van der Waals surface area contributed by atoms with E-state index in [0.717, 1.165) is 24.1 Å². The van der Waals surface area contributed by atoms with E-state index in [9.17, 15) is 18.0 Å². The largest absolute Gasteiger partial charge is 0.326 e. The number of carbonyl (C=O) groups excluding carboxylic acids is 2. The van der Waals surface area contributed by atoms with Crippen LogP contribution < -0.4 is 10.2 Å². The average Bonchev–Trinajstić information content (AvgIpc) is 2.79. The number of nitrogens with one attached hydrogen (secondary N) is 1. The van der Waals surface area contributed by atoms with E-state index in [-0.39, 0.29) is 23.3 Å². The zero-order valence-electron chi connectivity index (χ0n) is 17.6. The Morgan fingerprint density at radius 3 is 2.55 bits per heavy atom. The number of carbonyl (C=O) groups is 2. The lowest BCUT2D eigenvalue weighted by Crippen LogP contribution is -2.43. The lowest BCUT2D eigenvalue weighted by Gasteiger charge is -2.32. The van der Waals surface area contributed by atoms with Crippen molar-refractivity contribution in [2.24, 2.45) is 5.92 Å². The fraction of sp³-hybridized carbons (Fsp3) is 0.391. The van der Waals surface area contributed by atoms with Gasteiger partial charge in [-0.15, -0.1) is 0 Å². The maximum Gasteiger partial charge on any atom is 0.243 e. The number of benzene rings is 2. The second-order valence-corrected chi connectivity index (χ2v) is 10.1. The molecule has 4 rings (SSSR count). The normalized spacial score (nSPS) is 19.5. The van der Waals surface area contributed by atoms with Gasteiger partial charge in [0.05, 0.1) is 10.8 Å². The first-order chi connectivity index (χ1) is 14.9. The highest BCUT2D eigenvalue weighted by molar-refractivity contribution is 7.89. The minimum atomic E-state index is -3.72. The molecule has 2 aliphatic heterocycles. The van der Waals surface area contributed by atoms with Crippen molar-refractivity contribution in [2.45, 2.75) is 37.5 Å². The van der Waals surface area contributed by atoms with Crippen molar-refractivity contribution >= 4 is 33.2 Å². The number of hydrogen-bond donors (Lipinski definition) is 1. The fourth-order valence-electron chi connectivity index (χ4n) is 4.35. The summed E-state index contributed by atoms with van der Waals surface area (Å²) in [6, 6.07) is 14.2. The Bertz CT molecular complexity index is 1090. The summed E-state index contributed by atoms with van der Waals surface area (Å²) < 4.78 is 28.1. The van der Waals surface area contributed by atoms with E-state index < -0.39 is 15.9 Å². The Labute approximate surface area is 183 Å². The molecule has 0 spiro atoms. The Kier molecular flexibility index (Phi) is 6.11. The number of sulfonamides is 1. The Morgan fingerprint density at radius 1 is 1.03 bits per heavy atom. The summed E-state index contributed by atoms with van der Waals surface area (Å²) in [4.78, 5) is 26.5. The highest BCUT2D eigenvalue weighted by Crippen LogP contribution is 2.32. The number of amides is 2. The first-order valence-corrected chi connectivity index (χ1v) is 12.1. The van der Waals surface area contributed by atoms with Crippen molar-refractivity contribution in [2.75, 3.05) is 29.9 Å². The van der Waals surface area contributed by atoms with Gasteiger partial charge >= 0.3 is 0 Å². The molecule has 0 saturated carbocycles. The van der Waals surface area contributed by atoms with Crippen molar-refractivity contribution in [3.63, 3.8) is 0 Å². The van der Waals surface area contributed by atoms with Gasteiger partial charge in [0, 0.05) is 37.9 Å². The molecule has 2 amide bonds. The third kappa shape index (κ3) is 4.50. The van der Waals surface area contributed by atoms with Crippen molar-refractivity contribution in [3.8, 4) is 0 Å². The zero-order chi connectivity index (χ0) is 22.0. The highest BCUT2D eigenvalue weighted by Gasteiger charge is 2.34. The summed E-state index contributed by atoms with van der Waals surface area (Å²) in [7, 11) is -3.72. The van der Waals surface area contributed by atoms with Crippen LogP contribution in [0.3, 0.4) is 0 Å². The molecular formula is C23H27N3O4S. The van der Waals surface area contributed by atoms with Gasteiger partial charge in [0.25, 0.3) is 0 Å². The van der Waals surface area contributed by atoms with Crippen LogP contribution in [-0.2, 0) is 26.0 Å². The van der Waals surface area contributed by atoms with Crippen LogP contribution in [0.4, 0.5) is 11.4 Å². The first kappa shape index (κ1) is 21.5. The van der Waals surface area contributed by atoms with Crippen LogP contribution in [0.5, 0.6) is 0 Å². The van der Waals surface area contributed by atoms with Crippen LogP contribution in [0.25, 0.3) is 0 Å². The van der Waals surface area contributed by atoms with Crippen molar-refractivity contribution < 1.29 is 18.0 Å². The van der Waals surface area contributed by atoms with Gasteiger partial charge in [0.1, 0.15) is 0 Å². The predicted octanol–water partition coefficient (Wildman–Crippen LogP) is 3.03. The summed E-state index contributed by atoms with van der Waals surface area (Å²) in [6.45, 7) is 2.73. The predicted molar refractivity (Wildman–Crippen MR) is 119 cm³/mol. The SMILES string of the molecule is CC(=O)N1CCCc2cc(S(=O)(=O)N3CCC[C@H](C(=O)Nc4ccccc4)C3)ccc21. The standard InChI is InChI=1S/C23H27N3O4S/c1-17(27)26-14-6-7-18-15-21(11-12-22(18)26)31(29,30)25-13-5-8-19(16-25)23(28)24-20-9-3-2-4-10-20/h2-4,9-12,15,19H,5-8,13-14,16H2,1H3,(H,24,28)/t19-/m0/s1. The Morgan fingerprint density at radius 2 is 1.81 bits per heavy atom. The Hall–Kier alpha value is -2.71. The molecular weight excluding hydrogens is 414 g/mol. The summed E-state index contributed by atoms with van der Waals surface area (Å²) in [6.07, 6.45) is 2.84. The van der Waals surface area contributed by atoms with Gasteiger partial charge in [0.15, 0.2) is 0 Å². The monoisotopic (exact) mass is 441 g/mol. The number of nitrogens with zero attached hydrogens (tertiary/aromatic N) is 2. The third-order valence-electron chi connectivity index (χ3n) is 5.98. The fourth-order valence-corrected chi connectivity index (χ4v) is 5.93. The maximum absolute atomic E-state index is 13.3. The van der Waals surface area contributed by atoms with E-state index in [1.54, 1.807) is 23.1 Å². The lowest BCUT2D eigenvalue weighted by atomic mass is 9.99. The topological polar surface area (TPSA) is 86.8 Å². The smallest absolute Gasteiger partial charge is 0.243 e. The van der Waals surface area contributed by atoms with Gasteiger partial charge in [-0.3, -0.25) is 9.59 Å².